The van der Waals surface area contributed by atoms with Crippen LogP contribution in [0.25, 0.3) is 0 Å². The van der Waals surface area contributed by atoms with E-state index in [-0.39, 0.29) is 11.8 Å². The van der Waals surface area contributed by atoms with Gasteiger partial charge in [-0.3, -0.25) is 4.79 Å². The molecule has 2 aromatic rings. The molecule has 3 nitrogen and oxygen atoms in total. The Balaban J connectivity index is 1.70. The largest absolute Gasteiger partial charge is 0.492 e. The molecule has 0 saturated carbocycles. The van der Waals surface area contributed by atoms with Crippen LogP contribution in [0.5, 0.6) is 5.75 Å². The van der Waals surface area contributed by atoms with Gasteiger partial charge in [-0.15, -0.1) is 0 Å². The fraction of sp³-hybridized carbons (Fsp3) is 0.316. The van der Waals surface area contributed by atoms with Crippen molar-refractivity contribution < 1.29 is 9.53 Å². The van der Waals surface area contributed by atoms with Gasteiger partial charge in [-0.1, -0.05) is 35.9 Å². The summed E-state index contributed by atoms with van der Waals surface area (Å²) >= 11 is 6.04. The first kappa shape index (κ1) is 15.9. The fourth-order valence-electron chi connectivity index (χ4n) is 2.95. The molecule has 120 valence electrons. The van der Waals surface area contributed by atoms with E-state index in [9.17, 15) is 4.79 Å². The van der Waals surface area contributed by atoms with Crippen molar-refractivity contribution in [3.05, 3.63) is 64.2 Å². The van der Waals surface area contributed by atoms with Crippen LogP contribution in [0.1, 0.15) is 16.7 Å². The van der Waals surface area contributed by atoms with Crippen LogP contribution in [0.2, 0.25) is 5.02 Å². The van der Waals surface area contributed by atoms with Gasteiger partial charge < -0.3 is 9.64 Å². The lowest BCUT2D eigenvalue weighted by Gasteiger charge is -2.28. The minimum atomic E-state index is -0.157. The molecule has 0 spiro atoms. The van der Waals surface area contributed by atoms with Crippen molar-refractivity contribution in [3.8, 4) is 5.75 Å². The second-order valence-electron chi connectivity index (χ2n) is 6.08. The highest BCUT2D eigenvalue weighted by Gasteiger charge is 2.28. The van der Waals surface area contributed by atoms with Crippen LogP contribution >= 0.6 is 11.6 Å². The highest BCUT2D eigenvalue weighted by Crippen LogP contribution is 2.30. The van der Waals surface area contributed by atoms with Crippen molar-refractivity contribution in [1.29, 1.82) is 0 Å². The van der Waals surface area contributed by atoms with Crippen LogP contribution in [-0.2, 0) is 17.8 Å². The van der Waals surface area contributed by atoms with E-state index in [1.54, 1.807) is 4.90 Å². The van der Waals surface area contributed by atoms with Gasteiger partial charge in [0.05, 0.1) is 5.92 Å². The molecular weight excluding hydrogens is 310 g/mol. The third kappa shape index (κ3) is 3.50. The maximum atomic E-state index is 12.7. The number of carbonyl (C=O) groups excluding carboxylic acids is 1. The maximum absolute atomic E-state index is 12.7. The van der Waals surface area contributed by atoms with Crippen LogP contribution in [-0.4, -0.2) is 24.5 Å². The first-order chi connectivity index (χ1) is 11.0. The summed E-state index contributed by atoms with van der Waals surface area (Å²) in [5, 5.41) is 0.675. The number of benzene rings is 2. The SMILES string of the molecule is Cc1ccccc1CN(C)C(=O)[C@@H]1COc2ccc(Cl)cc2C1. The average molecular weight is 330 g/mol. The summed E-state index contributed by atoms with van der Waals surface area (Å²) in [6, 6.07) is 13.7. The van der Waals surface area contributed by atoms with Gasteiger partial charge in [-0.2, -0.15) is 0 Å². The zero-order valence-electron chi connectivity index (χ0n) is 13.4. The van der Waals surface area contributed by atoms with Crippen molar-refractivity contribution >= 4 is 17.5 Å². The van der Waals surface area contributed by atoms with Crippen molar-refractivity contribution in [2.24, 2.45) is 5.92 Å². The molecule has 23 heavy (non-hydrogen) atoms. The second kappa shape index (κ2) is 6.63. The third-order valence-electron chi connectivity index (χ3n) is 4.32. The van der Waals surface area contributed by atoms with E-state index in [0.717, 1.165) is 11.3 Å². The number of carbonyl (C=O) groups is 1. The lowest BCUT2D eigenvalue weighted by atomic mass is 9.95. The molecule has 1 aliphatic heterocycles. The summed E-state index contributed by atoms with van der Waals surface area (Å²) in [6.07, 6.45) is 0.673. The lowest BCUT2D eigenvalue weighted by Crippen LogP contribution is -2.38. The third-order valence-corrected chi connectivity index (χ3v) is 4.56. The molecule has 0 fully saturated rings. The molecule has 1 atom stereocenters. The van der Waals surface area contributed by atoms with Crippen molar-refractivity contribution in [2.45, 2.75) is 19.9 Å². The number of amides is 1. The Hall–Kier alpha value is -2.00. The molecule has 0 unspecified atom stereocenters. The van der Waals surface area contributed by atoms with Crippen LogP contribution in [0.4, 0.5) is 0 Å². The van der Waals surface area contributed by atoms with E-state index in [2.05, 4.69) is 19.1 Å². The Kier molecular flexibility index (Phi) is 4.58. The Morgan fingerprint density at radius 2 is 2.09 bits per heavy atom. The van der Waals surface area contributed by atoms with Gasteiger partial charge in [0.15, 0.2) is 0 Å². The monoisotopic (exact) mass is 329 g/mol. The summed E-state index contributed by atoms with van der Waals surface area (Å²) in [5.74, 6) is 0.786. The Bertz CT molecular complexity index is 729. The topological polar surface area (TPSA) is 29.5 Å². The molecule has 4 heteroatoms. The Labute approximate surface area is 141 Å². The van der Waals surface area contributed by atoms with Gasteiger partial charge in [0.1, 0.15) is 12.4 Å². The predicted octanol–water partition coefficient (Wildman–Crippen LogP) is 3.86. The minimum Gasteiger partial charge on any atom is -0.492 e. The summed E-state index contributed by atoms with van der Waals surface area (Å²) < 4.78 is 5.73. The van der Waals surface area contributed by atoms with Gasteiger partial charge in [0, 0.05) is 18.6 Å². The van der Waals surface area contributed by atoms with Crippen molar-refractivity contribution in [3.63, 3.8) is 0 Å². The van der Waals surface area contributed by atoms with E-state index < -0.39 is 0 Å². The van der Waals surface area contributed by atoms with E-state index >= 15 is 0 Å². The summed E-state index contributed by atoms with van der Waals surface area (Å²) in [7, 11) is 1.85. The molecule has 0 saturated heterocycles. The molecular formula is C19H20ClNO2. The highest BCUT2D eigenvalue weighted by molar-refractivity contribution is 6.30. The van der Waals surface area contributed by atoms with Gasteiger partial charge >= 0.3 is 0 Å². The molecule has 1 amide bonds. The van der Waals surface area contributed by atoms with Crippen LogP contribution in [0, 0.1) is 12.8 Å². The van der Waals surface area contributed by atoms with E-state index in [4.69, 9.17) is 16.3 Å². The lowest BCUT2D eigenvalue weighted by molar-refractivity contribution is -0.136. The molecule has 0 aliphatic carbocycles. The molecule has 3 rings (SSSR count). The van der Waals surface area contributed by atoms with E-state index in [1.165, 1.54) is 11.1 Å². The van der Waals surface area contributed by atoms with Gasteiger partial charge in [-0.25, -0.2) is 0 Å². The number of hydrogen-bond donors (Lipinski definition) is 0. The van der Waals surface area contributed by atoms with Gasteiger partial charge in [0.2, 0.25) is 5.91 Å². The zero-order chi connectivity index (χ0) is 16.4. The molecule has 2 aromatic carbocycles. The zero-order valence-corrected chi connectivity index (χ0v) is 14.1. The fourth-order valence-corrected chi connectivity index (χ4v) is 3.15. The van der Waals surface area contributed by atoms with E-state index in [0.29, 0.717) is 24.6 Å². The van der Waals surface area contributed by atoms with Gasteiger partial charge in [-0.05, 0) is 48.2 Å². The van der Waals surface area contributed by atoms with Crippen LogP contribution in [0.15, 0.2) is 42.5 Å². The predicted molar refractivity (Wildman–Crippen MR) is 91.8 cm³/mol. The summed E-state index contributed by atoms with van der Waals surface area (Å²) in [5.41, 5.74) is 3.37. The van der Waals surface area contributed by atoms with E-state index in [1.807, 2.05) is 37.4 Å². The van der Waals surface area contributed by atoms with Gasteiger partial charge in [0.25, 0.3) is 0 Å². The van der Waals surface area contributed by atoms with Crippen LogP contribution in [0.3, 0.4) is 0 Å². The standard InChI is InChI=1S/C19H20ClNO2/c1-13-5-3-4-6-14(13)11-21(2)19(22)16-9-15-10-17(20)7-8-18(15)23-12-16/h3-8,10,16H,9,11-12H2,1-2H3/t16-/m0/s1. The van der Waals surface area contributed by atoms with Crippen LogP contribution < -0.4 is 4.74 Å². The number of ether oxygens (including phenoxy) is 1. The molecule has 0 bridgehead atoms. The number of rotatable bonds is 3. The maximum Gasteiger partial charge on any atom is 0.229 e. The highest BCUT2D eigenvalue weighted by atomic mass is 35.5. The molecule has 1 heterocycles. The van der Waals surface area contributed by atoms with Crippen molar-refractivity contribution in [1.82, 2.24) is 4.90 Å². The number of hydrogen-bond acceptors (Lipinski definition) is 2. The second-order valence-corrected chi connectivity index (χ2v) is 6.52. The summed E-state index contributed by atoms with van der Waals surface area (Å²) in [4.78, 5) is 14.5. The number of halogens is 1. The normalized spacial score (nSPS) is 16.4. The Morgan fingerprint density at radius 1 is 1.30 bits per heavy atom. The quantitative estimate of drug-likeness (QED) is 0.855. The Morgan fingerprint density at radius 3 is 2.87 bits per heavy atom. The molecule has 0 N–H and O–H groups in total. The molecule has 0 radical (unpaired) electrons. The first-order valence-corrected chi connectivity index (χ1v) is 8.13. The average Bonchev–Trinajstić information content (AvgIpc) is 2.55. The summed E-state index contributed by atoms with van der Waals surface area (Å²) in [6.45, 7) is 3.10. The first-order valence-electron chi connectivity index (χ1n) is 7.75. The number of nitrogens with zero attached hydrogens (tertiary/aromatic N) is 1. The molecule has 0 aromatic heterocycles. The number of fused-ring (bicyclic) bond motifs is 1. The van der Waals surface area contributed by atoms with Crippen molar-refractivity contribution in [2.75, 3.05) is 13.7 Å². The minimum absolute atomic E-state index is 0.110. The molecule has 1 aliphatic rings. The number of aryl methyl sites for hydroxylation is 1. The smallest absolute Gasteiger partial charge is 0.229 e.